The molecule has 1 atom stereocenters. The fourth-order valence-corrected chi connectivity index (χ4v) is 4.18. The van der Waals surface area contributed by atoms with Crippen molar-refractivity contribution in [3.05, 3.63) is 0 Å². The van der Waals surface area contributed by atoms with Crippen LogP contribution in [0.4, 0.5) is 0 Å². The number of hydrazine groups is 1. The molecule has 1 aliphatic carbocycles. The van der Waals surface area contributed by atoms with Crippen molar-refractivity contribution in [1.29, 1.82) is 0 Å². The number of nitrogens with zero attached hydrogens (tertiary/aromatic N) is 1. The van der Waals surface area contributed by atoms with Gasteiger partial charge in [0.2, 0.25) is 0 Å². The number of rotatable bonds is 11. The summed E-state index contributed by atoms with van der Waals surface area (Å²) in [5, 5.41) is 0. The van der Waals surface area contributed by atoms with Gasteiger partial charge < -0.3 is 0 Å². The van der Waals surface area contributed by atoms with Crippen molar-refractivity contribution in [2.75, 3.05) is 13.1 Å². The molecule has 0 radical (unpaired) electrons. The average Bonchev–Trinajstić information content (AvgIpc) is 2.94. The molecule has 0 bridgehead atoms. The molecule has 1 saturated carbocycles. The fourth-order valence-electron chi connectivity index (χ4n) is 4.18. The molecule has 1 rings (SSSR count). The topological polar surface area (TPSA) is 41.3 Å². The minimum atomic E-state index is 0.322. The maximum absolute atomic E-state index is 5.95. The summed E-state index contributed by atoms with van der Waals surface area (Å²) in [5.41, 5.74) is 3.51. The smallest absolute Gasteiger partial charge is 0.0394 e. The van der Waals surface area contributed by atoms with Gasteiger partial charge in [-0.15, -0.1) is 0 Å². The van der Waals surface area contributed by atoms with Crippen molar-refractivity contribution in [1.82, 2.24) is 10.3 Å². The summed E-state index contributed by atoms with van der Waals surface area (Å²) < 4.78 is 0. The molecule has 120 valence electrons. The predicted molar refractivity (Wildman–Crippen MR) is 88.6 cm³/mol. The fraction of sp³-hybridized carbons (Fsp3) is 1.00. The third-order valence-corrected chi connectivity index (χ3v) is 5.31. The van der Waals surface area contributed by atoms with Gasteiger partial charge in [-0.2, -0.15) is 0 Å². The van der Waals surface area contributed by atoms with Gasteiger partial charge in [0.15, 0.2) is 0 Å². The van der Waals surface area contributed by atoms with Crippen LogP contribution in [0.25, 0.3) is 0 Å². The maximum Gasteiger partial charge on any atom is 0.0394 e. The van der Waals surface area contributed by atoms with E-state index in [4.69, 9.17) is 5.84 Å². The van der Waals surface area contributed by atoms with Crippen molar-refractivity contribution in [3.63, 3.8) is 0 Å². The molecule has 3 N–H and O–H groups in total. The lowest BCUT2D eigenvalue weighted by Crippen LogP contribution is -2.61. The first-order valence-electron chi connectivity index (χ1n) is 8.96. The Morgan fingerprint density at radius 2 is 1.60 bits per heavy atom. The molecule has 0 aromatic carbocycles. The highest BCUT2D eigenvalue weighted by molar-refractivity contribution is 5.02. The highest BCUT2D eigenvalue weighted by atomic mass is 15.3. The van der Waals surface area contributed by atoms with Crippen LogP contribution < -0.4 is 11.3 Å². The number of nitrogens with two attached hydrogens (primary N) is 1. The predicted octanol–water partition coefficient (Wildman–Crippen LogP) is 3.83. The number of unbranched alkanes of at least 4 members (excludes halogenated alkanes) is 4. The van der Waals surface area contributed by atoms with E-state index in [0.29, 0.717) is 11.6 Å². The first kappa shape index (κ1) is 17.9. The Kier molecular flexibility index (Phi) is 8.74. The summed E-state index contributed by atoms with van der Waals surface area (Å²) >= 11 is 0. The van der Waals surface area contributed by atoms with Gasteiger partial charge in [0.05, 0.1) is 0 Å². The molecule has 1 fully saturated rings. The van der Waals surface area contributed by atoms with Crippen LogP contribution in [0.5, 0.6) is 0 Å². The van der Waals surface area contributed by atoms with E-state index in [1.165, 1.54) is 64.2 Å². The molecular formula is C17H37N3. The van der Waals surface area contributed by atoms with Crippen LogP contribution in [0, 0.1) is 0 Å². The summed E-state index contributed by atoms with van der Waals surface area (Å²) in [7, 11) is 0. The Morgan fingerprint density at radius 1 is 1.00 bits per heavy atom. The molecular weight excluding hydrogens is 246 g/mol. The van der Waals surface area contributed by atoms with Gasteiger partial charge in [-0.3, -0.25) is 16.2 Å². The zero-order chi connectivity index (χ0) is 14.8. The molecule has 0 aliphatic heterocycles. The van der Waals surface area contributed by atoms with Gasteiger partial charge >= 0.3 is 0 Å². The molecule has 0 heterocycles. The summed E-state index contributed by atoms with van der Waals surface area (Å²) in [4.78, 5) is 2.66. The van der Waals surface area contributed by atoms with E-state index in [1.54, 1.807) is 0 Å². The maximum atomic E-state index is 5.95. The van der Waals surface area contributed by atoms with Crippen LogP contribution in [0.2, 0.25) is 0 Å². The van der Waals surface area contributed by atoms with Crippen LogP contribution in [0.1, 0.15) is 85.0 Å². The van der Waals surface area contributed by atoms with E-state index in [1.807, 2.05) is 0 Å². The largest absolute Gasteiger partial charge is 0.297 e. The average molecular weight is 284 g/mol. The molecule has 1 unspecified atom stereocenters. The normalized spacial score (nSPS) is 19.6. The Balaban J connectivity index is 2.57. The Morgan fingerprint density at radius 3 is 2.10 bits per heavy atom. The minimum absolute atomic E-state index is 0.322. The molecule has 0 aromatic heterocycles. The summed E-state index contributed by atoms with van der Waals surface area (Å²) in [6.07, 6.45) is 13.4. The number of nitrogens with one attached hydrogen (secondary N) is 1. The molecule has 20 heavy (non-hydrogen) atoms. The van der Waals surface area contributed by atoms with Gasteiger partial charge in [-0.25, -0.2) is 0 Å². The molecule has 3 nitrogen and oxygen atoms in total. The van der Waals surface area contributed by atoms with Crippen LogP contribution in [0.15, 0.2) is 0 Å². The second-order valence-electron chi connectivity index (χ2n) is 6.41. The first-order chi connectivity index (χ1) is 9.75. The van der Waals surface area contributed by atoms with E-state index in [-0.39, 0.29) is 0 Å². The third kappa shape index (κ3) is 4.44. The van der Waals surface area contributed by atoms with Gasteiger partial charge in [-0.05, 0) is 32.4 Å². The zero-order valence-corrected chi connectivity index (χ0v) is 14.1. The second-order valence-corrected chi connectivity index (χ2v) is 6.41. The van der Waals surface area contributed by atoms with E-state index >= 15 is 0 Å². The van der Waals surface area contributed by atoms with Gasteiger partial charge in [0.25, 0.3) is 0 Å². The van der Waals surface area contributed by atoms with Gasteiger partial charge in [-0.1, -0.05) is 65.7 Å². The lowest BCUT2D eigenvalue weighted by molar-refractivity contribution is 0.0586. The van der Waals surface area contributed by atoms with Crippen molar-refractivity contribution < 1.29 is 0 Å². The Labute approximate surface area is 126 Å². The van der Waals surface area contributed by atoms with E-state index in [0.717, 1.165) is 13.1 Å². The number of likely N-dealkylation sites (N-methyl/N-ethyl adjacent to an activating group) is 1. The summed E-state index contributed by atoms with van der Waals surface area (Å²) in [6.45, 7) is 9.14. The van der Waals surface area contributed by atoms with E-state index in [9.17, 15) is 0 Å². The lowest BCUT2D eigenvalue weighted by Gasteiger charge is -2.46. The van der Waals surface area contributed by atoms with Crippen LogP contribution >= 0.6 is 0 Å². The van der Waals surface area contributed by atoms with E-state index < -0.39 is 0 Å². The highest BCUT2D eigenvalue weighted by Crippen LogP contribution is 2.39. The minimum Gasteiger partial charge on any atom is -0.297 e. The van der Waals surface area contributed by atoms with Crippen molar-refractivity contribution in [3.8, 4) is 0 Å². The lowest BCUT2D eigenvalue weighted by atomic mass is 9.83. The molecule has 0 spiro atoms. The Bertz CT molecular complexity index is 232. The van der Waals surface area contributed by atoms with Gasteiger partial charge in [0.1, 0.15) is 0 Å². The quantitative estimate of drug-likeness (QED) is 0.344. The molecule has 0 amide bonds. The molecule has 3 heteroatoms. The summed E-state index contributed by atoms with van der Waals surface area (Å²) in [5.74, 6) is 5.95. The van der Waals surface area contributed by atoms with Gasteiger partial charge in [0, 0.05) is 11.6 Å². The second kappa shape index (κ2) is 9.75. The molecule has 1 aliphatic rings. The molecule has 0 saturated heterocycles. The van der Waals surface area contributed by atoms with Crippen LogP contribution in [-0.4, -0.2) is 29.6 Å². The first-order valence-corrected chi connectivity index (χ1v) is 8.96. The van der Waals surface area contributed by atoms with E-state index in [2.05, 4.69) is 31.1 Å². The third-order valence-electron chi connectivity index (χ3n) is 5.31. The standard InChI is InChI=1S/C17H37N3/c1-4-7-8-9-10-13-16(19-18)17(14-11-12-15-17)20(5-2)6-3/h16,19H,4-15,18H2,1-3H3. The van der Waals surface area contributed by atoms with Crippen LogP contribution in [0.3, 0.4) is 0 Å². The Hall–Kier alpha value is -0.120. The number of hydrogen-bond donors (Lipinski definition) is 2. The number of hydrogen-bond acceptors (Lipinski definition) is 3. The van der Waals surface area contributed by atoms with Crippen molar-refractivity contribution in [2.45, 2.75) is 96.6 Å². The van der Waals surface area contributed by atoms with Crippen molar-refractivity contribution >= 4 is 0 Å². The summed E-state index contributed by atoms with van der Waals surface area (Å²) in [6, 6.07) is 0.464. The zero-order valence-electron chi connectivity index (χ0n) is 14.1. The van der Waals surface area contributed by atoms with Crippen molar-refractivity contribution in [2.24, 2.45) is 5.84 Å². The van der Waals surface area contributed by atoms with Crippen LogP contribution in [-0.2, 0) is 0 Å². The monoisotopic (exact) mass is 283 g/mol. The SMILES string of the molecule is CCCCCCCC(NN)C1(N(CC)CC)CCCC1. The molecule has 0 aromatic rings. The highest BCUT2D eigenvalue weighted by Gasteiger charge is 2.44.